The number of nitrogens with zero attached hydrogens (tertiary/aromatic N) is 10. The van der Waals surface area contributed by atoms with Crippen LogP contribution in [0.5, 0.6) is 5.75 Å². The summed E-state index contributed by atoms with van der Waals surface area (Å²) in [4.78, 5) is 49.7. The van der Waals surface area contributed by atoms with E-state index in [0.717, 1.165) is 0 Å². The predicted molar refractivity (Wildman–Crippen MR) is 207 cm³/mol. The Hall–Kier alpha value is -5.24. The van der Waals surface area contributed by atoms with E-state index >= 15 is 0 Å². The fourth-order valence-electron chi connectivity index (χ4n) is 5.21. The van der Waals surface area contributed by atoms with Gasteiger partial charge >= 0.3 is 5.65 Å². The Labute approximate surface area is 330 Å². The van der Waals surface area contributed by atoms with Crippen molar-refractivity contribution >= 4 is 59.1 Å². The number of benzene rings is 1. The average molecular weight is 846 g/mol. The maximum absolute atomic E-state index is 12.4. The van der Waals surface area contributed by atoms with Crippen molar-refractivity contribution in [3.63, 3.8) is 0 Å². The highest BCUT2D eigenvalue weighted by atomic mass is 32.4. The molecule has 0 aliphatic carbocycles. The molecule has 5 N–H and O–H groups in total. The third-order valence-electron chi connectivity index (χ3n) is 7.68. The predicted octanol–water partition coefficient (Wildman–Crippen LogP) is 2.26. The van der Waals surface area contributed by atoms with Gasteiger partial charge in [-0.3, -0.25) is 18.9 Å². The SMILES string of the molecule is CC(=O)NCCNC(=O)c1cccc(OCC(N=[N+]=[N-])OCCOCC(=O)NCC#Cn2c[n+]([C@H]3C[C@@H](OCN=[N+]=[N-])[C@@H](CPPP=O)O3)c3ncnc(N)c32)c1. The van der Waals surface area contributed by atoms with E-state index in [9.17, 15) is 18.9 Å². The van der Waals surface area contributed by atoms with E-state index in [1.54, 1.807) is 29.1 Å². The molecule has 6 atom stereocenters. The fourth-order valence-corrected chi connectivity index (χ4v) is 8.40. The lowest BCUT2D eigenvalue weighted by atomic mass is 10.2. The number of imidazole rings is 1. The number of carbonyl (C=O) groups excluding carboxylic acids is 3. The number of fused-ring (bicyclic) bond motifs is 1. The molecule has 4 rings (SSSR count). The summed E-state index contributed by atoms with van der Waals surface area (Å²) in [5.74, 6) is 2.39. The Balaban J connectivity index is 1.22. The first-order valence-corrected chi connectivity index (χ1v) is 22.0. The number of carbonyl (C=O) groups is 3. The standard InChI is InChI=1S/C31H39N14O9P3/c1-20(46)35-7-8-37-31(48)21-4-2-5-22(12-21)52-15-26(41-43-34)51-11-10-50-14-25(47)36-6-3-9-44-19-45(30-28(44)29(32)38-17-39-30)27-13-23(53-18-40-42-33)24(54-27)16-55-57-56-49/h2,4-5,12,17,19,23-24,26-27,55,57H,6-8,10-11,13-16,18H2,1H3,(H4-,32,35,36,37,38,39,46,47,48)/p+1/t23-,24-,26?,27-/m1/s1. The zero-order chi connectivity index (χ0) is 40.8. The van der Waals surface area contributed by atoms with Crippen LogP contribution in [-0.2, 0) is 33.1 Å². The van der Waals surface area contributed by atoms with Crippen molar-refractivity contribution in [2.45, 2.75) is 38.0 Å². The second-order valence-electron chi connectivity index (χ2n) is 11.6. The molecule has 0 saturated carbocycles. The molecule has 0 spiro atoms. The van der Waals surface area contributed by atoms with Gasteiger partial charge in [0.25, 0.3) is 5.91 Å². The highest BCUT2D eigenvalue weighted by Crippen LogP contribution is 2.48. The molecule has 57 heavy (non-hydrogen) atoms. The monoisotopic (exact) mass is 845 g/mol. The van der Waals surface area contributed by atoms with Gasteiger partial charge in [0.1, 0.15) is 25.7 Å². The van der Waals surface area contributed by atoms with Gasteiger partial charge in [0.2, 0.25) is 23.7 Å². The van der Waals surface area contributed by atoms with E-state index < -0.39 is 18.4 Å². The zero-order valence-corrected chi connectivity index (χ0v) is 33.4. The van der Waals surface area contributed by atoms with Crippen LogP contribution in [0.25, 0.3) is 32.0 Å². The number of anilines is 1. The topological polar surface area (TPSA) is 309 Å². The van der Waals surface area contributed by atoms with Crippen LogP contribution in [0, 0.1) is 12.0 Å². The minimum Gasteiger partial charge on any atom is -0.491 e. The molecule has 1 aromatic carbocycles. The number of nitrogens with two attached hydrogens (primary N) is 1. The molecule has 2 aromatic heterocycles. The lowest BCUT2D eigenvalue weighted by molar-refractivity contribution is -0.738. The second kappa shape index (κ2) is 24.4. The summed E-state index contributed by atoms with van der Waals surface area (Å²) in [6.45, 7) is 1.27. The van der Waals surface area contributed by atoms with E-state index in [2.05, 4.69) is 57.9 Å². The van der Waals surface area contributed by atoms with Crippen LogP contribution in [0.4, 0.5) is 5.82 Å². The van der Waals surface area contributed by atoms with Gasteiger partial charge in [-0.2, -0.15) is 9.55 Å². The van der Waals surface area contributed by atoms with Crippen molar-refractivity contribution in [3.05, 3.63) is 63.4 Å². The Bertz CT molecular complexity index is 2020. The molecule has 1 aliphatic rings. The van der Waals surface area contributed by atoms with Gasteiger partial charge < -0.3 is 45.4 Å². The van der Waals surface area contributed by atoms with E-state index in [1.807, 2.05) is 0 Å². The minimum atomic E-state index is -1.02. The van der Waals surface area contributed by atoms with Crippen LogP contribution in [0.3, 0.4) is 0 Å². The Morgan fingerprint density at radius 1 is 1.21 bits per heavy atom. The molecule has 3 amide bonds. The zero-order valence-electron chi connectivity index (χ0n) is 30.5. The molecular weight excluding hydrogens is 805 g/mol. The highest BCUT2D eigenvalue weighted by Gasteiger charge is 2.40. The molecule has 3 aromatic rings. The van der Waals surface area contributed by atoms with Gasteiger partial charge in [-0.25, -0.2) is 4.57 Å². The first kappa shape index (κ1) is 44.5. The minimum absolute atomic E-state index is 0.0000270. The molecule has 0 radical (unpaired) electrons. The lowest BCUT2D eigenvalue weighted by Crippen LogP contribution is -2.39. The largest absolute Gasteiger partial charge is 0.491 e. The third kappa shape index (κ3) is 14.7. The fraction of sp³-hybridized carbons (Fsp3) is 0.484. The van der Waals surface area contributed by atoms with E-state index in [-0.39, 0.29) is 92.2 Å². The number of amides is 3. The van der Waals surface area contributed by atoms with Crippen LogP contribution < -0.4 is 31.0 Å². The highest BCUT2D eigenvalue weighted by molar-refractivity contribution is 8.40. The van der Waals surface area contributed by atoms with E-state index in [0.29, 0.717) is 49.9 Å². The number of nitrogen functional groups attached to an aromatic ring is 1. The van der Waals surface area contributed by atoms with Gasteiger partial charge in [0, 0.05) is 41.8 Å². The van der Waals surface area contributed by atoms with Crippen LogP contribution in [0.1, 0.15) is 29.9 Å². The summed E-state index contributed by atoms with van der Waals surface area (Å²) < 4.78 is 42.9. The average Bonchev–Trinajstić information content (AvgIpc) is 3.78. The van der Waals surface area contributed by atoms with Gasteiger partial charge in [0.05, 0.1) is 38.0 Å². The van der Waals surface area contributed by atoms with Crippen LogP contribution in [0.2, 0.25) is 0 Å². The van der Waals surface area contributed by atoms with Crippen molar-refractivity contribution in [2.24, 2.45) is 10.2 Å². The second-order valence-corrected chi connectivity index (χ2v) is 17.0. The van der Waals surface area contributed by atoms with Gasteiger partial charge in [-0.05, 0) is 49.3 Å². The van der Waals surface area contributed by atoms with Gasteiger partial charge in [0.15, 0.2) is 32.7 Å². The number of aromatic nitrogens is 4. The number of nitrogens with one attached hydrogen (secondary N) is 3. The van der Waals surface area contributed by atoms with Crippen LogP contribution in [0.15, 0.2) is 47.1 Å². The Morgan fingerprint density at radius 2 is 2.05 bits per heavy atom. The molecule has 3 heterocycles. The van der Waals surface area contributed by atoms with Crippen molar-refractivity contribution in [3.8, 4) is 17.7 Å². The van der Waals surface area contributed by atoms with Crippen molar-refractivity contribution in [1.29, 1.82) is 0 Å². The van der Waals surface area contributed by atoms with Crippen molar-refractivity contribution in [1.82, 2.24) is 30.5 Å². The van der Waals surface area contributed by atoms with Crippen molar-refractivity contribution < 1.29 is 47.2 Å². The quantitative estimate of drug-likeness (QED) is 0.0203. The van der Waals surface area contributed by atoms with E-state index in [1.165, 1.54) is 23.9 Å². The Kier molecular flexibility index (Phi) is 19.0. The summed E-state index contributed by atoms with van der Waals surface area (Å²) >= 11 is 0. The molecule has 26 heteroatoms. The molecular formula is C31H40N14O9P3+. The number of hydrogen-bond donors (Lipinski definition) is 4. The summed E-state index contributed by atoms with van der Waals surface area (Å²) in [6.07, 6.45) is 1.77. The maximum atomic E-state index is 12.4. The van der Waals surface area contributed by atoms with Gasteiger partial charge in [-0.1, -0.05) is 29.5 Å². The van der Waals surface area contributed by atoms with Crippen LogP contribution in [-0.4, -0.2) is 110 Å². The molecule has 0 bridgehead atoms. The molecule has 3 unspecified atom stereocenters. The smallest absolute Gasteiger partial charge is 0.310 e. The van der Waals surface area contributed by atoms with Crippen molar-refractivity contribution in [2.75, 3.05) is 64.7 Å². The molecule has 1 aliphatic heterocycles. The van der Waals surface area contributed by atoms with Crippen LogP contribution >= 0.6 is 24.4 Å². The summed E-state index contributed by atoms with van der Waals surface area (Å²) in [5.41, 5.74) is 25.0. The first-order chi connectivity index (χ1) is 27.7. The molecule has 302 valence electrons. The summed E-state index contributed by atoms with van der Waals surface area (Å²) in [6, 6.07) is 9.29. The van der Waals surface area contributed by atoms with E-state index in [4.69, 9.17) is 40.5 Å². The third-order valence-corrected chi connectivity index (χ3v) is 12.1. The van der Waals surface area contributed by atoms with Gasteiger partial charge in [-0.15, -0.1) is 0 Å². The number of ether oxygens (including phenoxy) is 5. The summed E-state index contributed by atoms with van der Waals surface area (Å²) in [5, 5.41) is 14.9. The number of rotatable bonds is 23. The maximum Gasteiger partial charge on any atom is 0.310 e. The number of azide groups is 2. The number of hydrogen-bond acceptors (Lipinski definition) is 14. The Morgan fingerprint density at radius 3 is 2.84 bits per heavy atom. The molecule has 23 nitrogen and oxygen atoms in total. The lowest BCUT2D eigenvalue weighted by Gasteiger charge is -2.16. The molecule has 1 fully saturated rings. The normalized spacial score (nSPS) is 16.8. The first-order valence-electron chi connectivity index (χ1n) is 17.1. The summed E-state index contributed by atoms with van der Waals surface area (Å²) in [7, 11) is 0.736. The molecule has 1 saturated heterocycles.